The van der Waals surface area contributed by atoms with Crippen LogP contribution in [0.1, 0.15) is 35.2 Å². The fourth-order valence-electron chi connectivity index (χ4n) is 3.83. The van der Waals surface area contributed by atoms with Crippen molar-refractivity contribution in [3.63, 3.8) is 0 Å². The number of rotatable bonds is 7. The van der Waals surface area contributed by atoms with Gasteiger partial charge in [0.25, 0.3) is 0 Å². The van der Waals surface area contributed by atoms with E-state index in [0.717, 1.165) is 70.8 Å². The molecule has 1 atom stereocenters. The molecular weight excluding hydrogens is 332 g/mol. The molecule has 1 N–H and O–H groups in total. The second-order valence-electron chi connectivity index (χ2n) is 7.26. The van der Waals surface area contributed by atoms with E-state index < -0.39 is 5.97 Å². The molecule has 2 fully saturated rings. The van der Waals surface area contributed by atoms with E-state index in [2.05, 4.69) is 4.90 Å². The number of aromatic carboxylic acids is 1. The summed E-state index contributed by atoms with van der Waals surface area (Å²) in [6.07, 6.45) is 3.34. The van der Waals surface area contributed by atoms with Gasteiger partial charge in [-0.2, -0.15) is 0 Å². The Morgan fingerprint density at radius 3 is 2.77 bits per heavy atom. The first-order valence-electron chi connectivity index (χ1n) is 9.52. The molecule has 1 aromatic rings. The van der Waals surface area contributed by atoms with E-state index in [1.54, 1.807) is 18.2 Å². The molecule has 0 bridgehead atoms. The van der Waals surface area contributed by atoms with Crippen molar-refractivity contribution in [2.24, 2.45) is 5.92 Å². The number of nitrogens with zero attached hydrogens (tertiary/aromatic N) is 2. The van der Waals surface area contributed by atoms with Gasteiger partial charge in [-0.05, 0) is 49.4 Å². The zero-order valence-corrected chi connectivity index (χ0v) is 15.2. The first-order valence-corrected chi connectivity index (χ1v) is 9.52. The highest BCUT2D eigenvalue weighted by molar-refractivity contribution is 5.87. The van der Waals surface area contributed by atoms with Crippen molar-refractivity contribution in [2.75, 3.05) is 45.9 Å². The second kappa shape index (κ2) is 9.14. The maximum absolute atomic E-state index is 12.4. The summed E-state index contributed by atoms with van der Waals surface area (Å²) >= 11 is 0. The topological polar surface area (TPSA) is 70.1 Å². The molecule has 2 heterocycles. The van der Waals surface area contributed by atoms with Gasteiger partial charge >= 0.3 is 5.97 Å². The number of amides is 1. The Kier molecular flexibility index (Phi) is 6.63. The van der Waals surface area contributed by atoms with Crippen LogP contribution in [0.4, 0.5) is 0 Å². The highest BCUT2D eigenvalue weighted by Gasteiger charge is 2.26. The van der Waals surface area contributed by atoms with Crippen LogP contribution in [-0.2, 0) is 16.0 Å². The molecule has 0 spiro atoms. The molecule has 0 aromatic heterocycles. The van der Waals surface area contributed by atoms with Gasteiger partial charge in [0.05, 0.1) is 18.8 Å². The van der Waals surface area contributed by atoms with Crippen LogP contribution in [0, 0.1) is 5.92 Å². The first kappa shape index (κ1) is 18.9. The van der Waals surface area contributed by atoms with Crippen molar-refractivity contribution in [1.29, 1.82) is 0 Å². The lowest BCUT2D eigenvalue weighted by atomic mass is 9.97. The van der Waals surface area contributed by atoms with E-state index in [9.17, 15) is 9.59 Å². The standard InChI is InChI=1S/C20H28N2O4/c23-19(5-2-7-21-9-11-26-12-10-21)22-8-6-17(15-22)13-16-3-1-4-18(14-16)20(24)25/h1,3-4,14,17H,2,5-13,15H2,(H,24,25)/t17-/m1/s1. The normalized spacial score (nSPS) is 21.1. The van der Waals surface area contributed by atoms with E-state index >= 15 is 0 Å². The second-order valence-corrected chi connectivity index (χ2v) is 7.26. The molecule has 2 aliphatic heterocycles. The van der Waals surface area contributed by atoms with E-state index in [4.69, 9.17) is 9.84 Å². The van der Waals surface area contributed by atoms with Gasteiger partial charge in [-0.15, -0.1) is 0 Å². The molecule has 0 aliphatic carbocycles. The molecule has 0 saturated carbocycles. The third-order valence-corrected chi connectivity index (χ3v) is 5.31. The zero-order chi connectivity index (χ0) is 18.4. The molecule has 0 unspecified atom stereocenters. The third kappa shape index (κ3) is 5.29. The average molecular weight is 360 g/mol. The van der Waals surface area contributed by atoms with Crippen molar-refractivity contribution in [1.82, 2.24) is 9.80 Å². The number of ether oxygens (including phenoxy) is 1. The number of morpholine rings is 1. The number of carboxylic acid groups (broad SMARTS) is 1. The lowest BCUT2D eigenvalue weighted by molar-refractivity contribution is -0.130. The molecule has 6 heteroatoms. The molecule has 2 aliphatic rings. The number of carboxylic acids is 1. The van der Waals surface area contributed by atoms with Gasteiger partial charge in [-0.25, -0.2) is 4.79 Å². The molecule has 1 amide bonds. The lowest BCUT2D eigenvalue weighted by Gasteiger charge is -2.26. The molecule has 142 valence electrons. The summed E-state index contributed by atoms with van der Waals surface area (Å²) in [5, 5.41) is 9.10. The van der Waals surface area contributed by atoms with Crippen LogP contribution in [0.25, 0.3) is 0 Å². The fourth-order valence-corrected chi connectivity index (χ4v) is 3.83. The molecule has 0 radical (unpaired) electrons. The van der Waals surface area contributed by atoms with Crippen LogP contribution >= 0.6 is 0 Å². The van der Waals surface area contributed by atoms with Crippen molar-refractivity contribution >= 4 is 11.9 Å². The van der Waals surface area contributed by atoms with Crippen LogP contribution in [0.3, 0.4) is 0 Å². The van der Waals surface area contributed by atoms with Crippen molar-refractivity contribution in [3.8, 4) is 0 Å². The zero-order valence-electron chi connectivity index (χ0n) is 15.2. The van der Waals surface area contributed by atoms with Gasteiger partial charge in [0.2, 0.25) is 5.91 Å². The molecule has 6 nitrogen and oxygen atoms in total. The van der Waals surface area contributed by atoms with E-state index in [0.29, 0.717) is 17.9 Å². The highest BCUT2D eigenvalue weighted by atomic mass is 16.5. The largest absolute Gasteiger partial charge is 0.478 e. The number of likely N-dealkylation sites (tertiary alicyclic amines) is 1. The van der Waals surface area contributed by atoms with E-state index in [1.807, 2.05) is 11.0 Å². The predicted octanol–water partition coefficient (Wildman–Crippen LogP) is 1.89. The Morgan fingerprint density at radius 1 is 1.19 bits per heavy atom. The van der Waals surface area contributed by atoms with Crippen LogP contribution in [0.15, 0.2) is 24.3 Å². The average Bonchev–Trinajstić information content (AvgIpc) is 3.11. The van der Waals surface area contributed by atoms with Gasteiger partial charge in [0, 0.05) is 32.6 Å². The van der Waals surface area contributed by atoms with Crippen LogP contribution in [-0.4, -0.2) is 72.7 Å². The lowest BCUT2D eigenvalue weighted by Crippen LogP contribution is -2.37. The van der Waals surface area contributed by atoms with Crippen molar-refractivity contribution in [2.45, 2.75) is 25.7 Å². The smallest absolute Gasteiger partial charge is 0.335 e. The number of carbonyl (C=O) groups is 2. The third-order valence-electron chi connectivity index (χ3n) is 5.31. The van der Waals surface area contributed by atoms with Gasteiger partial charge in [0.15, 0.2) is 0 Å². The molecule has 26 heavy (non-hydrogen) atoms. The summed E-state index contributed by atoms with van der Waals surface area (Å²) in [5.41, 5.74) is 1.37. The minimum Gasteiger partial charge on any atom is -0.478 e. The minimum atomic E-state index is -0.893. The Morgan fingerprint density at radius 2 is 2.00 bits per heavy atom. The maximum atomic E-state index is 12.4. The van der Waals surface area contributed by atoms with Crippen molar-refractivity contribution in [3.05, 3.63) is 35.4 Å². The SMILES string of the molecule is O=C(O)c1cccc(C[C@H]2CCN(C(=O)CCCN3CCOCC3)C2)c1. The van der Waals surface area contributed by atoms with Crippen molar-refractivity contribution < 1.29 is 19.4 Å². The molecular formula is C20H28N2O4. The predicted molar refractivity (Wildman–Crippen MR) is 98.3 cm³/mol. The quantitative estimate of drug-likeness (QED) is 0.804. The Hall–Kier alpha value is -1.92. The summed E-state index contributed by atoms with van der Waals surface area (Å²) in [6.45, 7) is 6.10. The first-order chi connectivity index (χ1) is 12.6. The molecule has 2 saturated heterocycles. The summed E-state index contributed by atoms with van der Waals surface area (Å²) in [5.74, 6) is -0.224. The Labute approximate surface area is 154 Å². The number of hydrogen-bond donors (Lipinski definition) is 1. The van der Waals surface area contributed by atoms with Crippen LogP contribution in [0.5, 0.6) is 0 Å². The highest BCUT2D eigenvalue weighted by Crippen LogP contribution is 2.22. The summed E-state index contributed by atoms with van der Waals surface area (Å²) < 4.78 is 5.34. The van der Waals surface area contributed by atoms with Gasteiger partial charge in [0.1, 0.15) is 0 Å². The van der Waals surface area contributed by atoms with Crippen LogP contribution < -0.4 is 0 Å². The van der Waals surface area contributed by atoms with Gasteiger partial charge in [-0.3, -0.25) is 9.69 Å². The molecule has 3 rings (SSSR count). The fraction of sp³-hybridized carbons (Fsp3) is 0.600. The molecule has 1 aromatic carbocycles. The number of benzene rings is 1. The minimum absolute atomic E-state index is 0.250. The monoisotopic (exact) mass is 360 g/mol. The number of hydrogen-bond acceptors (Lipinski definition) is 4. The Balaban J connectivity index is 1.40. The van der Waals surface area contributed by atoms with E-state index in [1.165, 1.54) is 0 Å². The van der Waals surface area contributed by atoms with Crippen LogP contribution in [0.2, 0.25) is 0 Å². The summed E-state index contributed by atoms with van der Waals surface area (Å²) in [7, 11) is 0. The van der Waals surface area contributed by atoms with Gasteiger partial charge < -0.3 is 14.7 Å². The van der Waals surface area contributed by atoms with E-state index in [-0.39, 0.29) is 5.91 Å². The maximum Gasteiger partial charge on any atom is 0.335 e. The summed E-state index contributed by atoms with van der Waals surface area (Å²) in [6, 6.07) is 7.13. The van der Waals surface area contributed by atoms with Gasteiger partial charge in [-0.1, -0.05) is 12.1 Å². The summed E-state index contributed by atoms with van der Waals surface area (Å²) in [4.78, 5) is 27.9. The Bertz CT molecular complexity index is 628. The number of carbonyl (C=O) groups excluding carboxylic acids is 1.